The lowest BCUT2D eigenvalue weighted by molar-refractivity contribution is -0.138. The van der Waals surface area contributed by atoms with Crippen molar-refractivity contribution >= 4 is 5.91 Å². The van der Waals surface area contributed by atoms with Crippen LogP contribution < -0.4 is 5.32 Å². The minimum absolute atomic E-state index is 0.312. The van der Waals surface area contributed by atoms with Crippen LogP contribution in [0.1, 0.15) is 38.5 Å². The molecule has 4 heteroatoms. The van der Waals surface area contributed by atoms with E-state index in [4.69, 9.17) is 4.74 Å². The summed E-state index contributed by atoms with van der Waals surface area (Å²) in [7, 11) is 1.72. The molecule has 1 heterocycles. The molecule has 0 aromatic rings. The molecule has 3 aliphatic rings. The van der Waals surface area contributed by atoms with Crippen molar-refractivity contribution < 1.29 is 9.53 Å². The molecule has 4 unspecified atom stereocenters. The zero-order valence-corrected chi connectivity index (χ0v) is 12.6. The molecule has 1 amide bonds. The van der Waals surface area contributed by atoms with Crippen molar-refractivity contribution in [1.82, 2.24) is 10.2 Å². The molecule has 0 aromatic heterocycles. The van der Waals surface area contributed by atoms with Gasteiger partial charge in [0.15, 0.2) is 0 Å². The molecule has 0 spiro atoms. The Labute approximate surface area is 122 Å². The van der Waals surface area contributed by atoms with Crippen molar-refractivity contribution in [2.24, 2.45) is 17.8 Å². The van der Waals surface area contributed by atoms with Gasteiger partial charge in [0, 0.05) is 32.2 Å². The van der Waals surface area contributed by atoms with Crippen LogP contribution in [-0.2, 0) is 9.53 Å². The molecule has 3 rings (SSSR count). The van der Waals surface area contributed by atoms with E-state index in [0.717, 1.165) is 32.0 Å². The summed E-state index contributed by atoms with van der Waals surface area (Å²) in [6, 6.07) is 0.495. The Bertz CT molecular complexity index is 341. The quantitative estimate of drug-likeness (QED) is 0.804. The second-order valence-corrected chi connectivity index (χ2v) is 6.85. The van der Waals surface area contributed by atoms with Gasteiger partial charge in [-0.2, -0.15) is 0 Å². The Morgan fingerprint density at radius 3 is 2.80 bits per heavy atom. The fourth-order valence-corrected chi connectivity index (χ4v) is 4.45. The molecule has 4 atom stereocenters. The van der Waals surface area contributed by atoms with E-state index in [1.807, 2.05) is 0 Å². The number of carbonyl (C=O) groups is 1. The highest BCUT2D eigenvalue weighted by Crippen LogP contribution is 2.48. The first kappa shape index (κ1) is 14.3. The zero-order chi connectivity index (χ0) is 13.9. The van der Waals surface area contributed by atoms with E-state index < -0.39 is 0 Å². The van der Waals surface area contributed by atoms with Crippen molar-refractivity contribution in [2.75, 3.05) is 33.4 Å². The molecule has 1 saturated heterocycles. The van der Waals surface area contributed by atoms with E-state index in [1.165, 1.54) is 32.1 Å². The second-order valence-electron chi connectivity index (χ2n) is 6.85. The van der Waals surface area contributed by atoms with Gasteiger partial charge in [-0.1, -0.05) is 6.42 Å². The van der Waals surface area contributed by atoms with Gasteiger partial charge in [0.05, 0.1) is 6.61 Å². The monoisotopic (exact) mass is 280 g/mol. The van der Waals surface area contributed by atoms with E-state index >= 15 is 0 Å². The Hall–Kier alpha value is -0.610. The summed E-state index contributed by atoms with van der Waals surface area (Å²) in [6.07, 6.45) is 7.53. The third-order valence-corrected chi connectivity index (χ3v) is 5.54. The average Bonchev–Trinajstić information content (AvgIpc) is 3.19. The third-order valence-electron chi connectivity index (χ3n) is 5.54. The van der Waals surface area contributed by atoms with Crippen LogP contribution in [-0.4, -0.2) is 50.2 Å². The van der Waals surface area contributed by atoms with Crippen LogP contribution in [0.25, 0.3) is 0 Å². The summed E-state index contributed by atoms with van der Waals surface area (Å²) in [4.78, 5) is 15.0. The first-order chi connectivity index (χ1) is 9.78. The van der Waals surface area contributed by atoms with Gasteiger partial charge in [-0.15, -0.1) is 0 Å². The molecule has 2 bridgehead atoms. The Morgan fingerprint density at radius 2 is 2.20 bits per heavy atom. The Balaban J connectivity index is 1.59. The largest absolute Gasteiger partial charge is 0.383 e. The fraction of sp³-hybridized carbons (Fsp3) is 0.938. The minimum Gasteiger partial charge on any atom is -0.383 e. The molecule has 1 aliphatic heterocycles. The number of rotatable bonds is 6. The molecule has 1 N–H and O–H groups in total. The summed E-state index contributed by atoms with van der Waals surface area (Å²) in [5.41, 5.74) is 0. The van der Waals surface area contributed by atoms with E-state index in [1.54, 1.807) is 7.11 Å². The van der Waals surface area contributed by atoms with Crippen LogP contribution in [0.2, 0.25) is 0 Å². The zero-order valence-electron chi connectivity index (χ0n) is 12.6. The number of amides is 1. The lowest BCUT2D eigenvalue weighted by Gasteiger charge is -2.31. The maximum absolute atomic E-state index is 12.9. The Morgan fingerprint density at radius 1 is 1.30 bits per heavy atom. The number of hydrogen-bond acceptors (Lipinski definition) is 3. The predicted molar refractivity (Wildman–Crippen MR) is 78.4 cm³/mol. The standard InChI is InChI=1S/C16H28N2O2/c1-20-8-7-18(11-14-3-2-6-17-14)16(19)15-10-12-4-5-13(15)9-12/h12-15,17H,2-11H2,1H3. The molecular formula is C16H28N2O2. The summed E-state index contributed by atoms with van der Waals surface area (Å²) >= 11 is 0. The van der Waals surface area contributed by atoms with E-state index in [9.17, 15) is 4.79 Å². The lowest BCUT2D eigenvalue weighted by Crippen LogP contribution is -2.46. The summed E-state index contributed by atoms with van der Waals surface area (Å²) < 4.78 is 5.20. The lowest BCUT2D eigenvalue weighted by atomic mass is 9.87. The topological polar surface area (TPSA) is 41.6 Å². The highest BCUT2D eigenvalue weighted by molar-refractivity contribution is 5.79. The second kappa shape index (κ2) is 6.44. The average molecular weight is 280 g/mol. The van der Waals surface area contributed by atoms with Gasteiger partial charge in [0.2, 0.25) is 5.91 Å². The molecule has 0 aromatic carbocycles. The first-order valence-electron chi connectivity index (χ1n) is 8.29. The number of ether oxygens (including phenoxy) is 1. The smallest absolute Gasteiger partial charge is 0.226 e. The number of carbonyl (C=O) groups excluding carboxylic acids is 1. The normalized spacial score (nSPS) is 35.6. The van der Waals surface area contributed by atoms with Crippen LogP contribution >= 0.6 is 0 Å². The number of nitrogens with one attached hydrogen (secondary N) is 1. The number of methoxy groups -OCH3 is 1. The van der Waals surface area contributed by atoms with Gasteiger partial charge in [0.1, 0.15) is 0 Å². The molecule has 0 radical (unpaired) electrons. The molecule has 114 valence electrons. The molecule has 2 saturated carbocycles. The van der Waals surface area contributed by atoms with Crippen LogP contribution in [0, 0.1) is 17.8 Å². The minimum atomic E-state index is 0.312. The van der Waals surface area contributed by atoms with Crippen molar-refractivity contribution in [2.45, 2.75) is 44.6 Å². The SMILES string of the molecule is COCCN(CC1CCCN1)C(=O)C1CC2CCC1C2. The van der Waals surface area contributed by atoms with Gasteiger partial charge in [-0.3, -0.25) is 4.79 Å². The maximum atomic E-state index is 12.9. The van der Waals surface area contributed by atoms with E-state index in [-0.39, 0.29) is 0 Å². The van der Waals surface area contributed by atoms with Crippen LogP contribution in [0.5, 0.6) is 0 Å². The van der Waals surface area contributed by atoms with Crippen LogP contribution in [0.3, 0.4) is 0 Å². The highest BCUT2D eigenvalue weighted by atomic mass is 16.5. The molecule has 20 heavy (non-hydrogen) atoms. The van der Waals surface area contributed by atoms with Gasteiger partial charge in [0.25, 0.3) is 0 Å². The van der Waals surface area contributed by atoms with Crippen molar-refractivity contribution in [1.29, 1.82) is 0 Å². The molecular weight excluding hydrogens is 252 g/mol. The van der Waals surface area contributed by atoms with Crippen LogP contribution in [0.15, 0.2) is 0 Å². The van der Waals surface area contributed by atoms with Gasteiger partial charge < -0.3 is 15.0 Å². The van der Waals surface area contributed by atoms with Crippen molar-refractivity contribution in [3.8, 4) is 0 Å². The van der Waals surface area contributed by atoms with Gasteiger partial charge >= 0.3 is 0 Å². The van der Waals surface area contributed by atoms with Gasteiger partial charge in [-0.05, 0) is 50.5 Å². The summed E-state index contributed by atoms with van der Waals surface area (Å²) in [6.45, 7) is 3.38. The summed E-state index contributed by atoms with van der Waals surface area (Å²) in [5, 5.41) is 3.51. The molecule has 2 aliphatic carbocycles. The first-order valence-corrected chi connectivity index (χ1v) is 8.29. The van der Waals surface area contributed by atoms with E-state index in [2.05, 4.69) is 10.2 Å². The summed E-state index contributed by atoms with van der Waals surface area (Å²) in [5.74, 6) is 2.23. The van der Waals surface area contributed by atoms with Crippen molar-refractivity contribution in [3.63, 3.8) is 0 Å². The van der Waals surface area contributed by atoms with Crippen LogP contribution in [0.4, 0.5) is 0 Å². The number of hydrogen-bond donors (Lipinski definition) is 1. The van der Waals surface area contributed by atoms with Gasteiger partial charge in [-0.25, -0.2) is 0 Å². The van der Waals surface area contributed by atoms with E-state index in [0.29, 0.717) is 30.4 Å². The molecule has 3 fully saturated rings. The Kier molecular flexibility index (Phi) is 4.61. The fourth-order valence-electron chi connectivity index (χ4n) is 4.45. The molecule has 4 nitrogen and oxygen atoms in total. The maximum Gasteiger partial charge on any atom is 0.226 e. The third kappa shape index (κ3) is 3.01. The number of nitrogens with zero attached hydrogens (tertiary/aromatic N) is 1. The number of fused-ring (bicyclic) bond motifs is 2. The highest BCUT2D eigenvalue weighted by Gasteiger charge is 2.44. The van der Waals surface area contributed by atoms with Crippen molar-refractivity contribution in [3.05, 3.63) is 0 Å². The predicted octanol–water partition coefficient (Wildman–Crippen LogP) is 1.65.